The lowest BCUT2D eigenvalue weighted by molar-refractivity contribution is -0.117. The second-order valence-electron chi connectivity index (χ2n) is 8.64. The molecule has 0 aliphatic carbocycles. The van der Waals surface area contributed by atoms with E-state index in [0.717, 1.165) is 10.6 Å². The molecule has 180 valence electrons. The van der Waals surface area contributed by atoms with E-state index in [4.69, 9.17) is 4.74 Å². The van der Waals surface area contributed by atoms with Gasteiger partial charge in [0.15, 0.2) is 5.76 Å². The molecule has 0 fully saturated rings. The fraction of sp³-hybridized carbons (Fsp3) is 0.138. The predicted octanol–water partition coefficient (Wildman–Crippen LogP) is 6.64. The molecule has 0 spiro atoms. The smallest absolute Gasteiger partial charge is 0.294 e. The summed E-state index contributed by atoms with van der Waals surface area (Å²) in [5.41, 5.74) is 2.79. The molecule has 0 saturated heterocycles. The zero-order valence-electron chi connectivity index (χ0n) is 20.1. The predicted molar refractivity (Wildman–Crippen MR) is 140 cm³/mol. The maximum absolute atomic E-state index is 13.8. The summed E-state index contributed by atoms with van der Waals surface area (Å²) in [7, 11) is 0. The maximum atomic E-state index is 13.8. The number of aryl methyl sites for hydroxylation is 3. The summed E-state index contributed by atoms with van der Waals surface area (Å²) in [6.07, 6.45) is 0. The molecule has 1 atom stereocenters. The highest BCUT2D eigenvalue weighted by Crippen LogP contribution is 2.43. The zero-order chi connectivity index (χ0) is 25.4. The van der Waals surface area contributed by atoms with Gasteiger partial charge in [-0.3, -0.25) is 14.5 Å². The number of ether oxygens (including phenoxy) is 1. The number of benzene rings is 3. The number of hydrogen-bond acceptors (Lipinski definition) is 6. The summed E-state index contributed by atoms with van der Waals surface area (Å²) in [5, 5.41) is 11.8. The first-order valence-electron chi connectivity index (χ1n) is 11.5. The third-order valence-electron chi connectivity index (χ3n) is 6.00. The van der Waals surface area contributed by atoms with E-state index in [1.165, 1.54) is 16.2 Å². The number of aromatic nitrogens is 1. The molecule has 1 N–H and O–H groups in total. The topological polar surface area (TPSA) is 79.7 Å². The molecule has 7 heteroatoms. The molecular weight excluding hydrogens is 472 g/mol. The molecule has 5 rings (SSSR count). The van der Waals surface area contributed by atoms with E-state index in [1.54, 1.807) is 19.1 Å². The molecule has 4 aromatic rings. The third-order valence-corrected chi connectivity index (χ3v) is 7.07. The lowest BCUT2D eigenvalue weighted by Gasteiger charge is -2.27. The van der Waals surface area contributed by atoms with Crippen molar-refractivity contribution in [2.75, 3.05) is 4.90 Å². The van der Waals surface area contributed by atoms with E-state index in [2.05, 4.69) is 4.98 Å². The fourth-order valence-electron chi connectivity index (χ4n) is 4.43. The number of para-hydroxylation sites is 1. The van der Waals surface area contributed by atoms with Crippen LogP contribution in [0.3, 0.4) is 0 Å². The highest BCUT2D eigenvalue weighted by atomic mass is 32.1. The van der Waals surface area contributed by atoms with Crippen LogP contribution in [0, 0.1) is 20.8 Å². The second kappa shape index (κ2) is 9.43. The molecule has 0 radical (unpaired) electrons. The maximum Gasteiger partial charge on any atom is 0.294 e. The number of aliphatic hydroxyl groups is 1. The molecule has 3 aromatic carbocycles. The van der Waals surface area contributed by atoms with Crippen molar-refractivity contribution >= 4 is 28.7 Å². The molecule has 2 heterocycles. The zero-order valence-corrected chi connectivity index (χ0v) is 20.9. The Hall–Kier alpha value is -4.23. The van der Waals surface area contributed by atoms with Crippen LogP contribution in [0.1, 0.15) is 37.5 Å². The fourth-order valence-corrected chi connectivity index (χ4v) is 5.31. The van der Waals surface area contributed by atoms with Gasteiger partial charge in [-0.25, -0.2) is 4.98 Å². The van der Waals surface area contributed by atoms with Crippen molar-refractivity contribution < 1.29 is 19.4 Å². The minimum absolute atomic E-state index is 0.0325. The molecular formula is C29H24N2O4S. The van der Waals surface area contributed by atoms with Crippen molar-refractivity contribution in [3.05, 3.63) is 117 Å². The summed E-state index contributed by atoms with van der Waals surface area (Å²) in [6, 6.07) is 23.2. The van der Waals surface area contributed by atoms with Gasteiger partial charge in [-0.15, -0.1) is 11.3 Å². The molecule has 36 heavy (non-hydrogen) atoms. The van der Waals surface area contributed by atoms with Crippen LogP contribution in [0.2, 0.25) is 0 Å². The lowest BCUT2D eigenvalue weighted by atomic mass is 9.94. The normalized spacial score (nSPS) is 15.5. The third kappa shape index (κ3) is 4.29. The number of anilines is 1. The monoisotopic (exact) mass is 496 g/mol. The first-order valence-corrected chi connectivity index (χ1v) is 12.3. The molecule has 1 amide bonds. The quantitative estimate of drug-likeness (QED) is 0.303. The van der Waals surface area contributed by atoms with E-state index in [9.17, 15) is 14.7 Å². The molecule has 1 aliphatic rings. The Morgan fingerprint density at radius 3 is 2.36 bits per heavy atom. The summed E-state index contributed by atoms with van der Waals surface area (Å²) in [5.74, 6) is -0.358. The lowest BCUT2D eigenvalue weighted by Crippen LogP contribution is -2.31. The highest BCUT2D eigenvalue weighted by molar-refractivity contribution is 7.14. The molecule has 0 bridgehead atoms. The van der Waals surface area contributed by atoms with Crippen molar-refractivity contribution in [3.8, 4) is 11.5 Å². The van der Waals surface area contributed by atoms with E-state index in [-0.39, 0.29) is 5.57 Å². The molecule has 1 unspecified atom stereocenters. The average molecular weight is 497 g/mol. The average Bonchev–Trinajstić information content (AvgIpc) is 3.34. The molecule has 1 aromatic heterocycles. The van der Waals surface area contributed by atoms with Gasteiger partial charge in [0.25, 0.3) is 5.91 Å². The number of rotatable bonds is 6. The van der Waals surface area contributed by atoms with Crippen molar-refractivity contribution in [1.82, 2.24) is 4.98 Å². The Morgan fingerprint density at radius 1 is 0.944 bits per heavy atom. The number of thiazole rings is 1. The van der Waals surface area contributed by atoms with Crippen molar-refractivity contribution in [2.24, 2.45) is 0 Å². The standard InChI is InChI=1S/C29H24N2O4S/c1-17-9-7-11-21(15-17)31-25(20-10-8-14-23(16-20)35-22-12-5-4-6-13-22)24(27(33)29(31)34)26(32)28-18(2)30-19(3)36-28/h4-16,25,33H,1-3H3. The highest BCUT2D eigenvalue weighted by Gasteiger charge is 2.45. The van der Waals surface area contributed by atoms with E-state index in [0.29, 0.717) is 33.3 Å². The minimum atomic E-state index is -0.840. The summed E-state index contributed by atoms with van der Waals surface area (Å²) < 4.78 is 6.02. The van der Waals surface area contributed by atoms with Gasteiger partial charge >= 0.3 is 0 Å². The number of ketones is 1. The SMILES string of the molecule is Cc1cccc(N2C(=O)C(O)=C(C(=O)c3sc(C)nc3C)C2c2cccc(Oc3ccccc3)c2)c1. The summed E-state index contributed by atoms with van der Waals surface area (Å²) >= 11 is 1.25. The second-order valence-corrected chi connectivity index (χ2v) is 9.85. The van der Waals surface area contributed by atoms with Gasteiger partial charge in [0, 0.05) is 5.69 Å². The van der Waals surface area contributed by atoms with E-state index in [1.807, 2.05) is 80.6 Å². The Kier molecular flexibility index (Phi) is 6.16. The number of amides is 1. The van der Waals surface area contributed by atoms with Gasteiger partial charge in [0.1, 0.15) is 11.5 Å². The van der Waals surface area contributed by atoms with Crippen molar-refractivity contribution in [1.29, 1.82) is 0 Å². The van der Waals surface area contributed by atoms with Crippen molar-refractivity contribution in [3.63, 3.8) is 0 Å². The van der Waals surface area contributed by atoms with Crippen LogP contribution in [-0.2, 0) is 4.79 Å². The number of aliphatic hydroxyl groups excluding tert-OH is 1. The molecule has 6 nitrogen and oxygen atoms in total. The number of carbonyl (C=O) groups excluding carboxylic acids is 2. The Balaban J connectivity index is 1.64. The van der Waals surface area contributed by atoms with Crippen LogP contribution in [-0.4, -0.2) is 21.8 Å². The van der Waals surface area contributed by atoms with Gasteiger partial charge in [0.05, 0.1) is 27.2 Å². The number of carbonyl (C=O) groups is 2. The van der Waals surface area contributed by atoms with Crippen molar-refractivity contribution in [2.45, 2.75) is 26.8 Å². The van der Waals surface area contributed by atoms with Crippen LogP contribution in [0.5, 0.6) is 11.5 Å². The van der Waals surface area contributed by atoms with Crippen LogP contribution in [0.25, 0.3) is 0 Å². The van der Waals surface area contributed by atoms with Crippen LogP contribution < -0.4 is 9.64 Å². The van der Waals surface area contributed by atoms with Gasteiger partial charge in [-0.2, -0.15) is 0 Å². The summed E-state index contributed by atoms with van der Waals surface area (Å²) in [4.78, 5) is 33.5. The molecule has 1 aliphatic heterocycles. The Labute approximate surface area is 213 Å². The Morgan fingerprint density at radius 2 is 1.67 bits per heavy atom. The number of hydrogen-bond donors (Lipinski definition) is 1. The van der Waals surface area contributed by atoms with Crippen LogP contribution in [0.4, 0.5) is 5.69 Å². The van der Waals surface area contributed by atoms with E-state index < -0.39 is 23.5 Å². The first kappa shape index (κ1) is 23.5. The van der Waals surface area contributed by atoms with Crippen LogP contribution in [0.15, 0.2) is 90.2 Å². The largest absolute Gasteiger partial charge is 0.503 e. The first-order chi connectivity index (χ1) is 17.3. The minimum Gasteiger partial charge on any atom is -0.503 e. The Bertz CT molecular complexity index is 1510. The number of nitrogens with zero attached hydrogens (tertiary/aromatic N) is 2. The van der Waals surface area contributed by atoms with Gasteiger partial charge in [0.2, 0.25) is 5.78 Å². The van der Waals surface area contributed by atoms with Gasteiger partial charge in [-0.1, -0.05) is 42.5 Å². The van der Waals surface area contributed by atoms with Gasteiger partial charge in [-0.05, 0) is 68.3 Å². The summed E-state index contributed by atoms with van der Waals surface area (Å²) in [6.45, 7) is 5.51. The molecule has 0 saturated carbocycles. The van der Waals surface area contributed by atoms with E-state index >= 15 is 0 Å². The van der Waals surface area contributed by atoms with Crippen LogP contribution >= 0.6 is 11.3 Å². The number of Topliss-reactive ketones (excluding diaryl/α,β-unsaturated/α-hetero) is 1. The van der Waals surface area contributed by atoms with Gasteiger partial charge < -0.3 is 9.84 Å².